The van der Waals surface area contributed by atoms with Gasteiger partial charge in [-0.2, -0.15) is 0 Å². The smallest absolute Gasteiger partial charge is 0.350 e. The highest BCUT2D eigenvalue weighted by molar-refractivity contribution is 8.00. The molecule has 0 saturated carbocycles. The SMILES string of the molecule is COC(=O)c1sc(SC)c(C(N)=O)c1N. The molecular weight excluding hydrogens is 236 g/mol. The van der Waals surface area contributed by atoms with Crippen LogP contribution in [0.5, 0.6) is 0 Å². The number of carbonyl (C=O) groups excluding carboxylic acids is 2. The lowest BCUT2D eigenvalue weighted by Crippen LogP contribution is -2.14. The first kappa shape index (κ1) is 11.9. The summed E-state index contributed by atoms with van der Waals surface area (Å²) >= 11 is 2.43. The molecule has 0 atom stereocenters. The Morgan fingerprint density at radius 2 is 2.07 bits per heavy atom. The molecule has 82 valence electrons. The Labute approximate surface area is 94.8 Å². The third-order valence-electron chi connectivity index (χ3n) is 1.72. The fourth-order valence-electron chi connectivity index (χ4n) is 1.04. The summed E-state index contributed by atoms with van der Waals surface area (Å²) in [5.41, 5.74) is 11.1. The predicted octanol–water partition coefficient (Wildman–Crippen LogP) is 0.938. The first-order valence-corrected chi connectivity index (χ1v) is 5.91. The number of thiophene rings is 1. The summed E-state index contributed by atoms with van der Waals surface area (Å²) in [6.07, 6.45) is 1.78. The second-order valence-electron chi connectivity index (χ2n) is 2.57. The number of ether oxygens (including phenoxy) is 1. The number of nitrogens with two attached hydrogens (primary N) is 2. The van der Waals surface area contributed by atoms with Gasteiger partial charge in [0.05, 0.1) is 22.6 Å². The van der Waals surface area contributed by atoms with Gasteiger partial charge in [-0.15, -0.1) is 23.1 Å². The molecule has 15 heavy (non-hydrogen) atoms. The van der Waals surface area contributed by atoms with Crippen LogP contribution in [0.15, 0.2) is 4.21 Å². The van der Waals surface area contributed by atoms with Crippen LogP contribution in [0.2, 0.25) is 0 Å². The van der Waals surface area contributed by atoms with E-state index in [2.05, 4.69) is 4.74 Å². The Kier molecular flexibility index (Phi) is 3.59. The Morgan fingerprint density at radius 1 is 1.47 bits per heavy atom. The first-order valence-electron chi connectivity index (χ1n) is 3.87. The van der Waals surface area contributed by atoms with Gasteiger partial charge in [0.25, 0.3) is 5.91 Å². The largest absolute Gasteiger partial charge is 0.465 e. The number of primary amides is 1. The Hall–Kier alpha value is -1.21. The number of nitrogen functional groups attached to an aromatic ring is 1. The van der Waals surface area contributed by atoms with Crippen molar-refractivity contribution in [2.75, 3.05) is 19.1 Å². The van der Waals surface area contributed by atoms with Crippen LogP contribution in [0.3, 0.4) is 0 Å². The first-order chi connectivity index (χ1) is 7.02. The van der Waals surface area contributed by atoms with Crippen molar-refractivity contribution in [1.29, 1.82) is 0 Å². The molecule has 5 nitrogen and oxygen atoms in total. The molecule has 0 saturated heterocycles. The number of hydrogen-bond acceptors (Lipinski definition) is 6. The minimum atomic E-state index is -0.636. The third kappa shape index (κ3) is 2.07. The summed E-state index contributed by atoms with van der Waals surface area (Å²) in [7, 11) is 1.25. The molecular formula is C8H10N2O3S2. The van der Waals surface area contributed by atoms with E-state index in [1.54, 1.807) is 6.26 Å². The minimum absolute atomic E-state index is 0.101. The van der Waals surface area contributed by atoms with Crippen LogP contribution in [0.25, 0.3) is 0 Å². The zero-order valence-electron chi connectivity index (χ0n) is 8.20. The van der Waals surface area contributed by atoms with Gasteiger partial charge in [-0.1, -0.05) is 0 Å². The lowest BCUT2D eigenvalue weighted by atomic mass is 10.2. The molecule has 0 unspecified atom stereocenters. The zero-order valence-corrected chi connectivity index (χ0v) is 9.83. The van der Waals surface area contributed by atoms with Crippen molar-refractivity contribution in [1.82, 2.24) is 0 Å². The predicted molar refractivity (Wildman–Crippen MR) is 60.4 cm³/mol. The van der Waals surface area contributed by atoms with Crippen molar-refractivity contribution in [2.45, 2.75) is 4.21 Å². The molecule has 0 radical (unpaired) electrons. The van der Waals surface area contributed by atoms with Crippen molar-refractivity contribution >= 4 is 40.7 Å². The van der Waals surface area contributed by atoms with Crippen molar-refractivity contribution in [3.8, 4) is 0 Å². The van der Waals surface area contributed by atoms with Crippen LogP contribution < -0.4 is 11.5 Å². The van der Waals surface area contributed by atoms with Gasteiger partial charge >= 0.3 is 5.97 Å². The quantitative estimate of drug-likeness (QED) is 0.611. The topological polar surface area (TPSA) is 95.4 Å². The van der Waals surface area contributed by atoms with Gasteiger partial charge < -0.3 is 16.2 Å². The van der Waals surface area contributed by atoms with E-state index in [-0.39, 0.29) is 16.1 Å². The summed E-state index contributed by atoms with van der Waals surface area (Å²) in [5, 5.41) is 0. The Morgan fingerprint density at radius 3 is 2.40 bits per heavy atom. The normalized spacial score (nSPS) is 10.0. The summed E-state index contributed by atoms with van der Waals surface area (Å²) < 4.78 is 5.17. The average Bonchev–Trinajstić information content (AvgIpc) is 2.54. The van der Waals surface area contributed by atoms with E-state index in [0.717, 1.165) is 11.3 Å². The van der Waals surface area contributed by atoms with Crippen molar-refractivity contribution < 1.29 is 14.3 Å². The standard InChI is InChI=1S/C8H10N2O3S2/c1-13-7(12)5-4(9)3(6(10)11)8(14-2)15-5/h9H2,1-2H3,(H2,10,11). The maximum Gasteiger partial charge on any atom is 0.350 e. The Bertz CT molecular complexity index is 414. The van der Waals surface area contributed by atoms with Crippen LogP contribution >= 0.6 is 23.1 Å². The molecule has 1 rings (SSSR count). The number of anilines is 1. The molecule has 4 N–H and O–H groups in total. The van der Waals surface area contributed by atoms with Crippen LogP contribution in [0.1, 0.15) is 20.0 Å². The number of rotatable bonds is 3. The number of thioether (sulfide) groups is 1. The monoisotopic (exact) mass is 246 g/mol. The van der Waals surface area contributed by atoms with Gasteiger partial charge in [0.2, 0.25) is 0 Å². The lowest BCUT2D eigenvalue weighted by molar-refractivity contribution is 0.0607. The molecule has 0 bridgehead atoms. The molecule has 0 aliphatic heterocycles. The number of amides is 1. The van der Waals surface area contributed by atoms with Gasteiger partial charge in [-0.05, 0) is 6.26 Å². The molecule has 1 aromatic rings. The maximum absolute atomic E-state index is 11.3. The number of hydrogen-bond donors (Lipinski definition) is 2. The average molecular weight is 246 g/mol. The van der Waals surface area contributed by atoms with E-state index in [9.17, 15) is 9.59 Å². The van der Waals surface area contributed by atoms with E-state index in [1.165, 1.54) is 18.9 Å². The highest BCUT2D eigenvalue weighted by Gasteiger charge is 2.23. The highest BCUT2D eigenvalue weighted by atomic mass is 32.2. The number of carbonyl (C=O) groups is 2. The van der Waals surface area contributed by atoms with Crippen LogP contribution in [-0.4, -0.2) is 25.2 Å². The van der Waals surface area contributed by atoms with Gasteiger partial charge in [-0.25, -0.2) is 4.79 Å². The van der Waals surface area contributed by atoms with E-state index in [1.807, 2.05) is 0 Å². The van der Waals surface area contributed by atoms with E-state index in [4.69, 9.17) is 11.5 Å². The van der Waals surface area contributed by atoms with Gasteiger partial charge in [0.15, 0.2) is 0 Å². The molecule has 0 aliphatic rings. The van der Waals surface area contributed by atoms with Crippen molar-refractivity contribution in [3.63, 3.8) is 0 Å². The van der Waals surface area contributed by atoms with Gasteiger partial charge in [-0.3, -0.25) is 4.79 Å². The maximum atomic E-state index is 11.3. The zero-order chi connectivity index (χ0) is 11.6. The molecule has 0 aromatic carbocycles. The van der Waals surface area contributed by atoms with Crippen molar-refractivity contribution in [2.24, 2.45) is 5.73 Å². The Balaban J connectivity index is 3.34. The molecule has 7 heteroatoms. The number of esters is 1. The van der Waals surface area contributed by atoms with Crippen LogP contribution in [0.4, 0.5) is 5.69 Å². The second-order valence-corrected chi connectivity index (χ2v) is 4.66. The molecule has 0 fully saturated rings. The van der Waals surface area contributed by atoms with E-state index < -0.39 is 11.9 Å². The van der Waals surface area contributed by atoms with Gasteiger partial charge in [0.1, 0.15) is 4.88 Å². The molecule has 0 spiro atoms. The minimum Gasteiger partial charge on any atom is -0.465 e. The van der Waals surface area contributed by atoms with E-state index >= 15 is 0 Å². The second kappa shape index (κ2) is 4.54. The summed E-state index contributed by atoms with van der Waals surface area (Å²) in [6, 6.07) is 0. The summed E-state index contributed by atoms with van der Waals surface area (Å²) in [5.74, 6) is -1.19. The third-order valence-corrected chi connectivity index (χ3v) is 4.02. The lowest BCUT2D eigenvalue weighted by Gasteiger charge is -1.97. The number of methoxy groups -OCH3 is 1. The van der Waals surface area contributed by atoms with Crippen LogP contribution in [0, 0.1) is 0 Å². The van der Waals surface area contributed by atoms with Crippen molar-refractivity contribution in [3.05, 3.63) is 10.4 Å². The van der Waals surface area contributed by atoms with E-state index in [0.29, 0.717) is 4.21 Å². The molecule has 1 aromatic heterocycles. The van der Waals surface area contributed by atoms with Crippen LogP contribution in [-0.2, 0) is 4.74 Å². The molecule has 1 heterocycles. The molecule has 1 amide bonds. The fraction of sp³-hybridized carbons (Fsp3) is 0.250. The van der Waals surface area contributed by atoms with Gasteiger partial charge in [0, 0.05) is 0 Å². The summed E-state index contributed by atoms with van der Waals surface area (Å²) in [6.45, 7) is 0. The summed E-state index contributed by atoms with van der Waals surface area (Å²) in [4.78, 5) is 22.6. The fourth-order valence-corrected chi connectivity index (χ4v) is 2.92. The highest BCUT2D eigenvalue weighted by Crippen LogP contribution is 2.37. The molecule has 0 aliphatic carbocycles.